The Balaban J connectivity index is 1.61. The number of pyridine rings is 1. The van der Waals surface area contributed by atoms with Crippen LogP contribution in [-0.4, -0.2) is 15.0 Å². The van der Waals surface area contributed by atoms with Crippen molar-refractivity contribution < 1.29 is 0 Å². The molecule has 30 heavy (non-hydrogen) atoms. The highest BCUT2D eigenvalue weighted by Crippen LogP contribution is 2.28. The Labute approximate surface area is 173 Å². The molecule has 0 aliphatic heterocycles. The number of nitrogens with one attached hydrogen (secondary N) is 2. The average molecular weight is 392 g/mol. The lowest BCUT2D eigenvalue weighted by Crippen LogP contribution is -2.13. The minimum Gasteiger partial charge on any atom is -0.326 e. The Morgan fingerprint density at radius 3 is 2.53 bits per heavy atom. The monoisotopic (exact) mass is 392 g/mol. The minimum atomic E-state index is -0.220. The van der Waals surface area contributed by atoms with Gasteiger partial charge in [-0.1, -0.05) is 42.5 Å². The lowest BCUT2D eigenvalue weighted by molar-refractivity contribution is 1.14. The normalized spacial score (nSPS) is 11.1. The standard InChI is InChI=1S/C25H20N4O/c1-15-7-10-20(13-16(15)2)27-25-28-23-22(24(30)29-25)21(11-12-26-23)19-9-8-17-5-3-4-6-18(17)14-19/h3-14H,1-2H3,(H2,26,27,28,29,30). The summed E-state index contributed by atoms with van der Waals surface area (Å²) in [4.78, 5) is 24.8. The first-order chi connectivity index (χ1) is 14.6. The fraction of sp³-hybridized carbons (Fsp3) is 0.0800. The first-order valence-corrected chi connectivity index (χ1v) is 9.81. The van der Waals surface area contributed by atoms with Crippen molar-refractivity contribution in [2.45, 2.75) is 13.8 Å². The summed E-state index contributed by atoms with van der Waals surface area (Å²) in [5, 5.41) is 5.95. The maximum absolute atomic E-state index is 13.0. The highest BCUT2D eigenvalue weighted by molar-refractivity contribution is 5.95. The second-order valence-corrected chi connectivity index (χ2v) is 7.46. The van der Waals surface area contributed by atoms with Crippen LogP contribution < -0.4 is 10.9 Å². The van der Waals surface area contributed by atoms with E-state index >= 15 is 0 Å². The lowest BCUT2D eigenvalue weighted by atomic mass is 10.00. The van der Waals surface area contributed by atoms with Crippen LogP contribution in [0.5, 0.6) is 0 Å². The summed E-state index contributed by atoms with van der Waals surface area (Å²) >= 11 is 0. The number of nitrogens with zero attached hydrogens (tertiary/aromatic N) is 2. The summed E-state index contributed by atoms with van der Waals surface area (Å²) in [6, 6.07) is 22.2. The largest absolute Gasteiger partial charge is 0.326 e. The maximum atomic E-state index is 13.0. The number of aryl methyl sites for hydroxylation is 2. The molecule has 5 rings (SSSR count). The summed E-state index contributed by atoms with van der Waals surface area (Å²) < 4.78 is 0. The molecule has 3 aromatic carbocycles. The van der Waals surface area contributed by atoms with E-state index in [1.54, 1.807) is 6.20 Å². The summed E-state index contributed by atoms with van der Waals surface area (Å²) in [5.41, 5.74) is 5.21. The molecule has 2 heterocycles. The van der Waals surface area contributed by atoms with Crippen LogP contribution in [0.15, 0.2) is 77.7 Å². The first-order valence-electron chi connectivity index (χ1n) is 9.81. The van der Waals surface area contributed by atoms with Crippen molar-refractivity contribution in [1.82, 2.24) is 15.0 Å². The molecule has 0 aliphatic carbocycles. The molecule has 0 spiro atoms. The molecule has 0 amide bonds. The van der Waals surface area contributed by atoms with Gasteiger partial charge in [0, 0.05) is 11.9 Å². The third kappa shape index (κ3) is 3.20. The SMILES string of the molecule is Cc1ccc(Nc2nc3nccc(-c4ccc5ccccc5c4)c3c(=O)[nH]2)cc1C. The van der Waals surface area contributed by atoms with Crippen LogP contribution in [0.4, 0.5) is 11.6 Å². The highest BCUT2D eigenvalue weighted by Gasteiger charge is 2.12. The fourth-order valence-electron chi connectivity index (χ4n) is 3.68. The Hall–Kier alpha value is -3.99. The van der Waals surface area contributed by atoms with Crippen LogP contribution in [0.2, 0.25) is 0 Å². The first kappa shape index (κ1) is 18.1. The quantitative estimate of drug-likeness (QED) is 0.425. The van der Waals surface area contributed by atoms with Gasteiger partial charge in [-0.15, -0.1) is 0 Å². The van der Waals surface area contributed by atoms with E-state index in [0.717, 1.165) is 27.6 Å². The molecule has 0 fully saturated rings. The van der Waals surface area contributed by atoms with Gasteiger partial charge >= 0.3 is 0 Å². The van der Waals surface area contributed by atoms with Crippen molar-refractivity contribution in [3.8, 4) is 11.1 Å². The zero-order valence-electron chi connectivity index (χ0n) is 16.7. The number of H-pyrrole nitrogens is 1. The molecule has 0 saturated heterocycles. The van der Waals surface area contributed by atoms with E-state index in [9.17, 15) is 4.79 Å². The van der Waals surface area contributed by atoms with E-state index in [0.29, 0.717) is 17.0 Å². The number of rotatable bonds is 3. The topological polar surface area (TPSA) is 70.7 Å². The molecule has 2 N–H and O–H groups in total. The van der Waals surface area contributed by atoms with E-state index in [1.165, 1.54) is 11.1 Å². The van der Waals surface area contributed by atoms with E-state index in [1.807, 2.05) is 42.5 Å². The van der Waals surface area contributed by atoms with Gasteiger partial charge in [0.25, 0.3) is 5.56 Å². The molecule has 5 aromatic rings. The van der Waals surface area contributed by atoms with Gasteiger partial charge in [-0.05, 0) is 71.1 Å². The number of fused-ring (bicyclic) bond motifs is 2. The Morgan fingerprint density at radius 2 is 1.70 bits per heavy atom. The van der Waals surface area contributed by atoms with Crippen molar-refractivity contribution in [3.05, 3.63) is 94.4 Å². The predicted octanol–water partition coefficient (Wildman–Crippen LogP) is 5.50. The summed E-state index contributed by atoms with van der Waals surface area (Å²) in [6.45, 7) is 4.11. The van der Waals surface area contributed by atoms with Crippen LogP contribution in [0, 0.1) is 13.8 Å². The van der Waals surface area contributed by atoms with Gasteiger partial charge in [0.1, 0.15) is 0 Å². The molecular weight excluding hydrogens is 372 g/mol. The van der Waals surface area contributed by atoms with Crippen LogP contribution in [0.3, 0.4) is 0 Å². The zero-order chi connectivity index (χ0) is 20.7. The molecule has 0 bridgehead atoms. The average Bonchev–Trinajstić information content (AvgIpc) is 2.75. The molecule has 5 nitrogen and oxygen atoms in total. The third-order valence-electron chi connectivity index (χ3n) is 5.44. The van der Waals surface area contributed by atoms with Crippen molar-refractivity contribution in [2.24, 2.45) is 0 Å². The smallest absolute Gasteiger partial charge is 0.262 e. The molecule has 0 saturated carbocycles. The van der Waals surface area contributed by atoms with Crippen molar-refractivity contribution >= 4 is 33.4 Å². The number of aromatic nitrogens is 3. The van der Waals surface area contributed by atoms with Gasteiger partial charge in [-0.3, -0.25) is 9.78 Å². The minimum absolute atomic E-state index is 0.220. The van der Waals surface area contributed by atoms with Gasteiger partial charge < -0.3 is 5.32 Å². The molecule has 0 aliphatic rings. The van der Waals surface area contributed by atoms with Crippen molar-refractivity contribution in [1.29, 1.82) is 0 Å². The second kappa shape index (κ2) is 7.12. The highest BCUT2D eigenvalue weighted by atomic mass is 16.1. The Kier molecular flexibility index (Phi) is 4.29. The van der Waals surface area contributed by atoms with E-state index in [4.69, 9.17) is 0 Å². The molecule has 0 unspecified atom stereocenters. The van der Waals surface area contributed by atoms with Crippen LogP contribution in [-0.2, 0) is 0 Å². The van der Waals surface area contributed by atoms with Gasteiger partial charge in [0.05, 0.1) is 5.39 Å². The number of anilines is 2. The van der Waals surface area contributed by atoms with Gasteiger partial charge in [0.2, 0.25) is 5.95 Å². The Bertz CT molecular complexity index is 1470. The number of benzene rings is 3. The molecular formula is C25H20N4O. The molecule has 2 aromatic heterocycles. The summed E-state index contributed by atoms with van der Waals surface area (Å²) in [5.74, 6) is 0.374. The van der Waals surface area contributed by atoms with Gasteiger partial charge in [-0.2, -0.15) is 4.98 Å². The van der Waals surface area contributed by atoms with E-state index in [-0.39, 0.29) is 5.56 Å². The van der Waals surface area contributed by atoms with Crippen molar-refractivity contribution in [3.63, 3.8) is 0 Å². The van der Waals surface area contributed by atoms with Crippen molar-refractivity contribution in [2.75, 3.05) is 5.32 Å². The van der Waals surface area contributed by atoms with E-state index in [2.05, 4.69) is 58.4 Å². The second-order valence-electron chi connectivity index (χ2n) is 7.46. The fourth-order valence-corrected chi connectivity index (χ4v) is 3.68. The molecule has 146 valence electrons. The Morgan fingerprint density at radius 1 is 0.867 bits per heavy atom. The van der Waals surface area contributed by atoms with Crippen LogP contribution in [0.1, 0.15) is 11.1 Å². The maximum Gasteiger partial charge on any atom is 0.262 e. The number of hydrogen-bond donors (Lipinski definition) is 2. The summed E-state index contributed by atoms with van der Waals surface area (Å²) in [6.07, 6.45) is 1.69. The molecule has 0 radical (unpaired) electrons. The van der Waals surface area contributed by atoms with Gasteiger partial charge in [0.15, 0.2) is 5.65 Å². The summed E-state index contributed by atoms with van der Waals surface area (Å²) in [7, 11) is 0. The van der Waals surface area contributed by atoms with E-state index < -0.39 is 0 Å². The lowest BCUT2D eigenvalue weighted by Gasteiger charge is -2.10. The number of hydrogen-bond acceptors (Lipinski definition) is 4. The third-order valence-corrected chi connectivity index (χ3v) is 5.44. The predicted molar refractivity (Wildman–Crippen MR) is 122 cm³/mol. The van der Waals surface area contributed by atoms with Crippen LogP contribution in [0.25, 0.3) is 32.9 Å². The van der Waals surface area contributed by atoms with Gasteiger partial charge in [-0.25, -0.2) is 4.98 Å². The number of aromatic amines is 1. The molecule has 0 atom stereocenters. The van der Waals surface area contributed by atoms with Crippen LogP contribution >= 0.6 is 0 Å². The zero-order valence-corrected chi connectivity index (χ0v) is 16.7. The molecule has 5 heteroatoms.